The Morgan fingerprint density at radius 1 is 1.33 bits per heavy atom. The van der Waals surface area contributed by atoms with Gasteiger partial charge >= 0.3 is 0 Å². The van der Waals surface area contributed by atoms with Crippen molar-refractivity contribution in [1.82, 2.24) is 5.32 Å². The molecule has 0 heterocycles. The van der Waals surface area contributed by atoms with E-state index in [0.29, 0.717) is 13.2 Å². The van der Waals surface area contributed by atoms with E-state index in [1.807, 2.05) is 18.2 Å². The summed E-state index contributed by atoms with van der Waals surface area (Å²) in [6, 6.07) is 5.91. The molecular formula is C14H20ClNO2. The van der Waals surface area contributed by atoms with Crippen LogP contribution in [0.5, 0.6) is 11.5 Å². The first-order valence-corrected chi connectivity index (χ1v) is 5.75. The number of hydrogen-bond acceptors (Lipinski definition) is 3. The average Bonchev–Trinajstić information content (AvgIpc) is 2.37. The molecule has 0 aliphatic heterocycles. The zero-order valence-electron chi connectivity index (χ0n) is 10.9. The number of halogens is 1. The molecule has 0 spiro atoms. The standard InChI is InChI=1S/C14H19NO2.ClH/c1-4-8-15-11-12-6-7-13(17-9-5-2)14(10-12)16-3;/h1,6-7,10,15H,5,8-9,11H2,2-3H3;1H. The first-order valence-electron chi connectivity index (χ1n) is 5.75. The van der Waals surface area contributed by atoms with Crippen LogP contribution in [0.2, 0.25) is 0 Å². The Bertz CT molecular complexity index is 388. The second kappa shape index (κ2) is 9.64. The van der Waals surface area contributed by atoms with Crippen LogP contribution in [0.25, 0.3) is 0 Å². The summed E-state index contributed by atoms with van der Waals surface area (Å²) in [6.45, 7) is 4.07. The minimum atomic E-state index is 0. The Hall–Kier alpha value is -1.37. The summed E-state index contributed by atoms with van der Waals surface area (Å²) in [6.07, 6.45) is 6.15. The summed E-state index contributed by atoms with van der Waals surface area (Å²) in [5.41, 5.74) is 1.13. The van der Waals surface area contributed by atoms with E-state index in [-0.39, 0.29) is 12.4 Å². The van der Waals surface area contributed by atoms with Crippen LogP contribution >= 0.6 is 12.4 Å². The third kappa shape index (κ3) is 5.31. The molecular weight excluding hydrogens is 250 g/mol. The van der Waals surface area contributed by atoms with E-state index in [1.54, 1.807) is 7.11 Å². The largest absolute Gasteiger partial charge is 0.493 e. The fourth-order valence-electron chi connectivity index (χ4n) is 1.43. The number of hydrogen-bond donors (Lipinski definition) is 1. The lowest BCUT2D eigenvalue weighted by molar-refractivity contribution is 0.294. The molecule has 0 amide bonds. The maximum Gasteiger partial charge on any atom is 0.161 e. The van der Waals surface area contributed by atoms with Gasteiger partial charge in [-0.2, -0.15) is 0 Å². The zero-order valence-corrected chi connectivity index (χ0v) is 11.7. The number of rotatable bonds is 7. The maximum atomic E-state index is 5.58. The number of nitrogens with one attached hydrogen (secondary N) is 1. The van der Waals surface area contributed by atoms with Gasteiger partial charge in [-0.1, -0.05) is 18.9 Å². The highest BCUT2D eigenvalue weighted by molar-refractivity contribution is 5.85. The van der Waals surface area contributed by atoms with E-state index in [0.717, 1.165) is 30.0 Å². The molecule has 1 N–H and O–H groups in total. The second-order valence-corrected chi connectivity index (χ2v) is 3.64. The Labute approximate surface area is 115 Å². The van der Waals surface area contributed by atoms with Crippen LogP contribution < -0.4 is 14.8 Å². The quantitative estimate of drug-likeness (QED) is 0.610. The first-order chi connectivity index (χ1) is 8.31. The van der Waals surface area contributed by atoms with Crippen molar-refractivity contribution in [2.45, 2.75) is 19.9 Å². The van der Waals surface area contributed by atoms with Crippen molar-refractivity contribution in [2.24, 2.45) is 0 Å². The van der Waals surface area contributed by atoms with Crippen LogP contribution in [0.1, 0.15) is 18.9 Å². The maximum absolute atomic E-state index is 5.58. The third-order valence-electron chi connectivity index (χ3n) is 2.25. The van der Waals surface area contributed by atoms with Crippen molar-refractivity contribution >= 4 is 12.4 Å². The predicted octanol–water partition coefficient (Wildman–Crippen LogP) is 2.63. The highest BCUT2D eigenvalue weighted by Crippen LogP contribution is 2.28. The minimum Gasteiger partial charge on any atom is -0.493 e. The van der Waals surface area contributed by atoms with Crippen molar-refractivity contribution in [3.05, 3.63) is 23.8 Å². The van der Waals surface area contributed by atoms with Crippen LogP contribution in [-0.4, -0.2) is 20.3 Å². The van der Waals surface area contributed by atoms with Crippen LogP contribution in [0, 0.1) is 12.3 Å². The summed E-state index contributed by atoms with van der Waals surface area (Å²) >= 11 is 0. The van der Waals surface area contributed by atoms with Gasteiger partial charge in [-0.15, -0.1) is 18.8 Å². The summed E-state index contributed by atoms with van der Waals surface area (Å²) in [7, 11) is 1.65. The number of methoxy groups -OCH3 is 1. The van der Waals surface area contributed by atoms with E-state index in [2.05, 4.69) is 18.2 Å². The van der Waals surface area contributed by atoms with Gasteiger partial charge in [-0.3, -0.25) is 0 Å². The minimum absolute atomic E-state index is 0. The molecule has 0 fully saturated rings. The van der Waals surface area contributed by atoms with Gasteiger partial charge in [0.15, 0.2) is 11.5 Å². The molecule has 1 rings (SSSR count). The molecule has 3 nitrogen and oxygen atoms in total. The van der Waals surface area contributed by atoms with Gasteiger partial charge < -0.3 is 14.8 Å². The van der Waals surface area contributed by atoms with Crippen molar-refractivity contribution < 1.29 is 9.47 Å². The van der Waals surface area contributed by atoms with Gasteiger partial charge in [0.25, 0.3) is 0 Å². The highest BCUT2D eigenvalue weighted by Gasteiger charge is 2.05. The van der Waals surface area contributed by atoms with Crippen molar-refractivity contribution in [3.8, 4) is 23.8 Å². The van der Waals surface area contributed by atoms with Crippen molar-refractivity contribution in [1.29, 1.82) is 0 Å². The van der Waals surface area contributed by atoms with E-state index in [4.69, 9.17) is 15.9 Å². The lowest BCUT2D eigenvalue weighted by atomic mass is 10.2. The third-order valence-corrected chi connectivity index (χ3v) is 2.25. The van der Waals surface area contributed by atoms with Crippen LogP contribution in [0.15, 0.2) is 18.2 Å². The average molecular weight is 270 g/mol. The van der Waals surface area contributed by atoms with Crippen LogP contribution in [0.3, 0.4) is 0 Å². The van der Waals surface area contributed by atoms with Gasteiger partial charge in [0.1, 0.15) is 0 Å². The monoisotopic (exact) mass is 269 g/mol. The molecule has 0 radical (unpaired) electrons. The lowest BCUT2D eigenvalue weighted by Gasteiger charge is -2.11. The number of ether oxygens (including phenoxy) is 2. The van der Waals surface area contributed by atoms with Gasteiger partial charge in [-0.05, 0) is 24.1 Å². The van der Waals surface area contributed by atoms with E-state index in [1.165, 1.54) is 0 Å². The van der Waals surface area contributed by atoms with Crippen LogP contribution in [-0.2, 0) is 6.54 Å². The van der Waals surface area contributed by atoms with E-state index >= 15 is 0 Å². The molecule has 0 saturated heterocycles. The summed E-state index contributed by atoms with van der Waals surface area (Å²) in [4.78, 5) is 0. The predicted molar refractivity (Wildman–Crippen MR) is 76.6 cm³/mol. The Balaban J connectivity index is 0.00000289. The molecule has 0 saturated carbocycles. The molecule has 1 aromatic rings. The molecule has 0 aliphatic carbocycles. The molecule has 18 heavy (non-hydrogen) atoms. The molecule has 0 atom stereocenters. The van der Waals surface area contributed by atoms with E-state index in [9.17, 15) is 0 Å². The molecule has 0 unspecified atom stereocenters. The fourth-order valence-corrected chi connectivity index (χ4v) is 1.43. The summed E-state index contributed by atoms with van der Waals surface area (Å²) < 4.78 is 10.9. The second-order valence-electron chi connectivity index (χ2n) is 3.64. The number of terminal acetylenes is 1. The van der Waals surface area contributed by atoms with Crippen LogP contribution in [0.4, 0.5) is 0 Å². The smallest absolute Gasteiger partial charge is 0.161 e. The van der Waals surface area contributed by atoms with Gasteiger partial charge in [0, 0.05) is 6.54 Å². The molecule has 4 heteroatoms. The highest BCUT2D eigenvalue weighted by atomic mass is 35.5. The summed E-state index contributed by atoms with van der Waals surface area (Å²) in [5, 5.41) is 3.13. The fraction of sp³-hybridized carbons (Fsp3) is 0.429. The number of benzene rings is 1. The molecule has 0 bridgehead atoms. The zero-order chi connectivity index (χ0) is 12.5. The summed E-state index contributed by atoms with van der Waals surface area (Å²) in [5.74, 6) is 4.09. The van der Waals surface area contributed by atoms with Gasteiger partial charge in [0.2, 0.25) is 0 Å². The van der Waals surface area contributed by atoms with E-state index < -0.39 is 0 Å². The van der Waals surface area contributed by atoms with Crippen molar-refractivity contribution in [3.63, 3.8) is 0 Å². The Morgan fingerprint density at radius 3 is 2.72 bits per heavy atom. The van der Waals surface area contributed by atoms with Crippen molar-refractivity contribution in [2.75, 3.05) is 20.3 Å². The normalized spacial score (nSPS) is 9.17. The SMILES string of the molecule is C#CCNCc1ccc(OCCC)c(OC)c1.Cl. The molecule has 0 aromatic heterocycles. The topological polar surface area (TPSA) is 30.5 Å². The first kappa shape index (κ1) is 16.6. The lowest BCUT2D eigenvalue weighted by Crippen LogP contribution is -2.13. The Morgan fingerprint density at radius 2 is 2.11 bits per heavy atom. The molecule has 0 aliphatic rings. The Kier molecular flexibility index (Phi) is 8.91. The van der Waals surface area contributed by atoms with Gasteiger partial charge in [-0.25, -0.2) is 0 Å². The molecule has 100 valence electrons. The van der Waals surface area contributed by atoms with Gasteiger partial charge in [0.05, 0.1) is 20.3 Å². The molecule has 1 aromatic carbocycles.